The van der Waals surface area contributed by atoms with Gasteiger partial charge in [-0.25, -0.2) is 0 Å². The van der Waals surface area contributed by atoms with E-state index in [4.69, 9.17) is 4.74 Å². The quantitative estimate of drug-likeness (QED) is 0.823. The number of carbonyl (C=O) groups is 1. The second-order valence-electron chi connectivity index (χ2n) is 5.52. The van der Waals surface area contributed by atoms with Crippen molar-refractivity contribution in [2.24, 2.45) is 0 Å². The minimum Gasteiger partial charge on any atom is -0.395 e. The monoisotopic (exact) mass is 326 g/mol. The Morgan fingerprint density at radius 1 is 1.41 bits per heavy atom. The summed E-state index contributed by atoms with van der Waals surface area (Å²) in [5.74, 6) is 0.0371. The predicted molar refractivity (Wildman–Crippen MR) is 88.7 cm³/mol. The van der Waals surface area contributed by atoms with Crippen molar-refractivity contribution in [3.63, 3.8) is 0 Å². The number of hydrogen-bond acceptors (Lipinski definition) is 5. The third-order valence-electron chi connectivity index (χ3n) is 4.06. The van der Waals surface area contributed by atoms with Crippen LogP contribution in [0.4, 0.5) is 0 Å². The minimum atomic E-state index is -0.000155. The van der Waals surface area contributed by atoms with E-state index in [2.05, 4.69) is 18.7 Å². The van der Waals surface area contributed by atoms with Crippen LogP contribution in [-0.2, 0) is 11.2 Å². The van der Waals surface area contributed by atoms with Gasteiger partial charge in [0.1, 0.15) is 0 Å². The zero-order valence-electron chi connectivity index (χ0n) is 13.5. The molecule has 124 valence electrons. The standard InChI is InChI=1S/C16H26N2O3S/c1-3-14-12-15(22-13(14)2)16(20)18(6-9-19)5-4-17-7-10-21-11-8-17/h12,19H,3-11H2,1-2H3. The third kappa shape index (κ3) is 4.52. The van der Waals surface area contributed by atoms with E-state index in [-0.39, 0.29) is 12.5 Å². The summed E-state index contributed by atoms with van der Waals surface area (Å²) < 4.78 is 5.34. The first-order valence-corrected chi connectivity index (χ1v) is 8.77. The number of aliphatic hydroxyl groups excluding tert-OH is 1. The molecule has 0 bridgehead atoms. The van der Waals surface area contributed by atoms with Crippen LogP contribution in [0.15, 0.2) is 6.07 Å². The van der Waals surface area contributed by atoms with Gasteiger partial charge in [-0.3, -0.25) is 9.69 Å². The van der Waals surface area contributed by atoms with Gasteiger partial charge in [-0.05, 0) is 25.0 Å². The van der Waals surface area contributed by atoms with E-state index >= 15 is 0 Å². The van der Waals surface area contributed by atoms with E-state index in [0.29, 0.717) is 13.1 Å². The summed E-state index contributed by atoms with van der Waals surface area (Å²) in [6, 6.07) is 2.00. The Labute approximate surface area is 136 Å². The van der Waals surface area contributed by atoms with Gasteiger partial charge in [0.15, 0.2) is 0 Å². The van der Waals surface area contributed by atoms with Gasteiger partial charge in [0.05, 0.1) is 24.7 Å². The molecule has 0 saturated carbocycles. The largest absolute Gasteiger partial charge is 0.395 e. The van der Waals surface area contributed by atoms with Gasteiger partial charge in [-0.1, -0.05) is 6.92 Å². The lowest BCUT2D eigenvalue weighted by molar-refractivity contribution is 0.0316. The van der Waals surface area contributed by atoms with Crippen LogP contribution >= 0.6 is 11.3 Å². The number of nitrogens with zero attached hydrogens (tertiary/aromatic N) is 2. The molecule has 1 aromatic heterocycles. The van der Waals surface area contributed by atoms with Crippen LogP contribution in [0.5, 0.6) is 0 Å². The van der Waals surface area contributed by atoms with Crippen LogP contribution in [0.25, 0.3) is 0 Å². The lowest BCUT2D eigenvalue weighted by Gasteiger charge is -2.29. The van der Waals surface area contributed by atoms with Gasteiger partial charge in [-0.2, -0.15) is 0 Å². The van der Waals surface area contributed by atoms with Crippen molar-refractivity contribution in [1.82, 2.24) is 9.80 Å². The van der Waals surface area contributed by atoms with Crippen LogP contribution in [0.1, 0.15) is 27.0 Å². The van der Waals surface area contributed by atoms with Crippen LogP contribution in [0, 0.1) is 6.92 Å². The number of carbonyl (C=O) groups excluding carboxylic acids is 1. The molecule has 1 saturated heterocycles. The number of thiophene rings is 1. The molecular weight excluding hydrogens is 300 g/mol. The Morgan fingerprint density at radius 3 is 2.73 bits per heavy atom. The lowest BCUT2D eigenvalue weighted by atomic mass is 10.2. The van der Waals surface area contributed by atoms with Crippen molar-refractivity contribution >= 4 is 17.2 Å². The number of morpholine rings is 1. The molecule has 5 nitrogen and oxygen atoms in total. The molecule has 1 amide bonds. The number of aryl methyl sites for hydroxylation is 2. The molecule has 2 heterocycles. The number of hydrogen-bond donors (Lipinski definition) is 1. The van der Waals surface area contributed by atoms with E-state index in [0.717, 1.165) is 44.1 Å². The summed E-state index contributed by atoms with van der Waals surface area (Å²) in [6.45, 7) is 9.39. The summed E-state index contributed by atoms with van der Waals surface area (Å²) in [6.07, 6.45) is 0.948. The van der Waals surface area contributed by atoms with Crippen molar-refractivity contribution in [1.29, 1.82) is 0 Å². The Bertz CT molecular complexity index is 484. The number of amides is 1. The van der Waals surface area contributed by atoms with Crippen molar-refractivity contribution in [3.8, 4) is 0 Å². The fourth-order valence-electron chi connectivity index (χ4n) is 2.65. The van der Waals surface area contributed by atoms with Gasteiger partial charge in [-0.15, -0.1) is 11.3 Å². The van der Waals surface area contributed by atoms with Crippen LogP contribution in [-0.4, -0.2) is 73.4 Å². The maximum atomic E-state index is 12.7. The fourth-order valence-corrected chi connectivity index (χ4v) is 3.74. The summed E-state index contributed by atoms with van der Waals surface area (Å²) >= 11 is 1.56. The molecule has 1 fully saturated rings. The second kappa shape index (κ2) is 8.62. The van der Waals surface area contributed by atoms with E-state index < -0.39 is 0 Å². The summed E-state index contributed by atoms with van der Waals surface area (Å²) in [5.41, 5.74) is 1.24. The molecule has 1 aliphatic rings. The molecule has 1 aromatic rings. The average Bonchev–Trinajstić information content (AvgIpc) is 2.92. The first kappa shape index (κ1) is 17.4. The molecule has 2 rings (SSSR count). The first-order valence-electron chi connectivity index (χ1n) is 7.95. The highest BCUT2D eigenvalue weighted by Crippen LogP contribution is 2.23. The highest BCUT2D eigenvalue weighted by Gasteiger charge is 2.20. The number of ether oxygens (including phenoxy) is 1. The normalized spacial score (nSPS) is 16.0. The molecule has 0 aromatic carbocycles. The van der Waals surface area contributed by atoms with Gasteiger partial charge in [0.25, 0.3) is 5.91 Å². The SMILES string of the molecule is CCc1cc(C(=O)N(CCO)CCN2CCOCC2)sc1C. The van der Waals surface area contributed by atoms with Crippen LogP contribution in [0.2, 0.25) is 0 Å². The number of rotatable bonds is 7. The molecule has 0 atom stereocenters. The van der Waals surface area contributed by atoms with E-state index in [9.17, 15) is 9.90 Å². The molecule has 0 aliphatic carbocycles. The van der Waals surface area contributed by atoms with Gasteiger partial charge < -0.3 is 14.7 Å². The molecule has 1 aliphatic heterocycles. The van der Waals surface area contributed by atoms with E-state index in [1.54, 1.807) is 16.2 Å². The van der Waals surface area contributed by atoms with Crippen molar-refractivity contribution < 1.29 is 14.6 Å². The second-order valence-corrected chi connectivity index (χ2v) is 6.77. The van der Waals surface area contributed by atoms with Crippen LogP contribution < -0.4 is 0 Å². The smallest absolute Gasteiger partial charge is 0.264 e. The lowest BCUT2D eigenvalue weighted by Crippen LogP contribution is -2.43. The van der Waals surface area contributed by atoms with Crippen molar-refractivity contribution in [2.75, 3.05) is 52.5 Å². The highest BCUT2D eigenvalue weighted by atomic mass is 32.1. The first-order chi connectivity index (χ1) is 10.7. The molecule has 0 unspecified atom stereocenters. The van der Waals surface area contributed by atoms with E-state index in [1.807, 2.05) is 6.07 Å². The summed E-state index contributed by atoms with van der Waals surface area (Å²) in [4.78, 5) is 18.7. The van der Waals surface area contributed by atoms with Gasteiger partial charge in [0, 0.05) is 37.6 Å². The molecular formula is C16H26N2O3S. The fraction of sp³-hybridized carbons (Fsp3) is 0.688. The number of aliphatic hydroxyl groups is 1. The third-order valence-corrected chi connectivity index (χ3v) is 5.14. The zero-order chi connectivity index (χ0) is 15.9. The van der Waals surface area contributed by atoms with Crippen LogP contribution in [0.3, 0.4) is 0 Å². The Hall–Kier alpha value is -0.950. The van der Waals surface area contributed by atoms with E-state index in [1.165, 1.54) is 10.4 Å². The Kier molecular flexibility index (Phi) is 6.82. The maximum Gasteiger partial charge on any atom is 0.264 e. The topological polar surface area (TPSA) is 53.0 Å². The van der Waals surface area contributed by atoms with Crippen molar-refractivity contribution in [2.45, 2.75) is 20.3 Å². The van der Waals surface area contributed by atoms with Crippen molar-refractivity contribution in [3.05, 3.63) is 21.4 Å². The van der Waals surface area contributed by atoms with Gasteiger partial charge in [0.2, 0.25) is 0 Å². The highest BCUT2D eigenvalue weighted by molar-refractivity contribution is 7.14. The Morgan fingerprint density at radius 2 is 2.14 bits per heavy atom. The average molecular weight is 326 g/mol. The minimum absolute atomic E-state index is 0.000155. The maximum absolute atomic E-state index is 12.7. The molecule has 1 N–H and O–H groups in total. The molecule has 0 spiro atoms. The Balaban J connectivity index is 1.97. The molecule has 0 radical (unpaired) electrons. The zero-order valence-corrected chi connectivity index (χ0v) is 14.3. The summed E-state index contributed by atoms with van der Waals surface area (Å²) in [5, 5.41) is 9.25. The van der Waals surface area contributed by atoms with Gasteiger partial charge >= 0.3 is 0 Å². The molecule has 22 heavy (non-hydrogen) atoms. The molecule has 6 heteroatoms. The summed E-state index contributed by atoms with van der Waals surface area (Å²) in [7, 11) is 0. The predicted octanol–water partition coefficient (Wildman–Crippen LogP) is 1.39.